The van der Waals surface area contributed by atoms with E-state index in [-0.39, 0.29) is 36.8 Å². The highest BCUT2D eigenvalue weighted by Crippen LogP contribution is 2.26. The fourth-order valence-corrected chi connectivity index (χ4v) is 3.30. The molecule has 0 unspecified atom stereocenters. The summed E-state index contributed by atoms with van der Waals surface area (Å²) in [6.07, 6.45) is 2.26. The molecule has 0 saturated carbocycles. The van der Waals surface area contributed by atoms with Crippen LogP contribution >= 0.6 is 12.4 Å². The minimum atomic E-state index is 0. The van der Waals surface area contributed by atoms with E-state index in [2.05, 4.69) is 11.4 Å². The lowest BCUT2D eigenvalue weighted by molar-refractivity contribution is -0.133. The lowest BCUT2D eigenvalue weighted by atomic mass is 10.1. The average Bonchev–Trinajstić information content (AvgIpc) is 2.68. The first kappa shape index (κ1) is 17.8. The third-order valence-electron chi connectivity index (χ3n) is 4.54. The molecule has 1 aromatic rings. The van der Waals surface area contributed by atoms with Crippen LogP contribution in [0, 0.1) is 0 Å². The molecule has 1 atom stereocenters. The molecule has 2 aliphatic rings. The molecule has 0 radical (unpaired) electrons. The molecule has 0 bridgehead atoms. The summed E-state index contributed by atoms with van der Waals surface area (Å²) in [5, 5.41) is 3.28. The molecular formula is C17H24ClN3O2. The molecule has 2 heterocycles. The van der Waals surface area contributed by atoms with Crippen LogP contribution in [0.3, 0.4) is 0 Å². The van der Waals surface area contributed by atoms with E-state index in [9.17, 15) is 9.59 Å². The van der Waals surface area contributed by atoms with Crippen LogP contribution in [-0.2, 0) is 16.0 Å². The van der Waals surface area contributed by atoms with Crippen LogP contribution < -0.4 is 10.2 Å². The van der Waals surface area contributed by atoms with E-state index >= 15 is 0 Å². The molecule has 0 spiro atoms. The number of rotatable bonds is 2. The number of carbonyl (C=O) groups is 2. The SMILES string of the molecule is C[C@@H]1CNCCN1C(=O)CN1C(=O)CCCc2ccccc21.Cl. The van der Waals surface area contributed by atoms with Crippen molar-refractivity contribution >= 4 is 29.9 Å². The Labute approximate surface area is 143 Å². The minimum Gasteiger partial charge on any atom is -0.336 e. The molecule has 1 fully saturated rings. The Balaban J connectivity index is 0.00000192. The van der Waals surface area contributed by atoms with E-state index in [0.29, 0.717) is 13.0 Å². The summed E-state index contributed by atoms with van der Waals surface area (Å²) >= 11 is 0. The Bertz CT molecular complexity index is 579. The number of amides is 2. The molecule has 3 rings (SSSR count). The van der Waals surface area contributed by atoms with E-state index in [4.69, 9.17) is 0 Å². The van der Waals surface area contributed by atoms with Crippen LogP contribution in [0.5, 0.6) is 0 Å². The molecule has 6 heteroatoms. The van der Waals surface area contributed by atoms with Gasteiger partial charge in [0.15, 0.2) is 0 Å². The number of piperazine rings is 1. The summed E-state index contributed by atoms with van der Waals surface area (Å²) in [7, 11) is 0. The normalized spacial score (nSPS) is 21.3. The zero-order valence-electron chi connectivity index (χ0n) is 13.5. The van der Waals surface area contributed by atoms with Gasteiger partial charge in [-0.2, -0.15) is 0 Å². The quantitative estimate of drug-likeness (QED) is 0.891. The van der Waals surface area contributed by atoms with E-state index in [1.807, 2.05) is 30.0 Å². The first-order valence-corrected chi connectivity index (χ1v) is 8.05. The Morgan fingerprint density at radius 3 is 2.87 bits per heavy atom. The summed E-state index contributed by atoms with van der Waals surface area (Å²) in [4.78, 5) is 28.6. The maximum Gasteiger partial charge on any atom is 0.242 e. The highest BCUT2D eigenvalue weighted by Gasteiger charge is 2.28. The molecule has 0 aliphatic carbocycles. The van der Waals surface area contributed by atoms with Crippen molar-refractivity contribution in [3.8, 4) is 0 Å². The van der Waals surface area contributed by atoms with E-state index in [1.54, 1.807) is 4.90 Å². The number of halogens is 1. The van der Waals surface area contributed by atoms with E-state index < -0.39 is 0 Å². The number of hydrogen-bond donors (Lipinski definition) is 1. The van der Waals surface area contributed by atoms with Crippen LogP contribution in [0.1, 0.15) is 25.3 Å². The number of nitrogens with zero attached hydrogens (tertiary/aromatic N) is 2. The number of anilines is 1. The number of hydrogen-bond acceptors (Lipinski definition) is 3. The van der Waals surface area contributed by atoms with Crippen molar-refractivity contribution in [1.82, 2.24) is 10.2 Å². The topological polar surface area (TPSA) is 52.7 Å². The Morgan fingerprint density at radius 2 is 2.09 bits per heavy atom. The van der Waals surface area contributed by atoms with Gasteiger partial charge >= 0.3 is 0 Å². The van der Waals surface area contributed by atoms with Crippen molar-refractivity contribution in [3.05, 3.63) is 29.8 Å². The van der Waals surface area contributed by atoms with Gasteiger partial charge in [0.05, 0.1) is 0 Å². The Hall–Kier alpha value is -1.59. The average molecular weight is 338 g/mol. The van der Waals surface area contributed by atoms with Crippen molar-refractivity contribution in [1.29, 1.82) is 0 Å². The first-order chi connectivity index (χ1) is 10.7. The van der Waals surface area contributed by atoms with Crippen molar-refractivity contribution in [2.24, 2.45) is 0 Å². The molecule has 2 aliphatic heterocycles. The summed E-state index contributed by atoms with van der Waals surface area (Å²) < 4.78 is 0. The van der Waals surface area contributed by atoms with Gasteiger partial charge in [-0.15, -0.1) is 12.4 Å². The van der Waals surface area contributed by atoms with Crippen molar-refractivity contribution in [2.75, 3.05) is 31.1 Å². The number of para-hydroxylation sites is 1. The van der Waals surface area contributed by atoms with Gasteiger partial charge in [0.25, 0.3) is 0 Å². The number of benzene rings is 1. The van der Waals surface area contributed by atoms with Gasteiger partial charge in [-0.3, -0.25) is 9.59 Å². The number of aryl methyl sites for hydroxylation is 1. The van der Waals surface area contributed by atoms with Gasteiger partial charge in [0.1, 0.15) is 6.54 Å². The van der Waals surface area contributed by atoms with Gasteiger partial charge in [-0.05, 0) is 31.4 Å². The number of fused-ring (bicyclic) bond motifs is 1. The fourth-order valence-electron chi connectivity index (χ4n) is 3.30. The predicted molar refractivity (Wildman–Crippen MR) is 93.0 cm³/mol. The number of nitrogens with one attached hydrogen (secondary N) is 1. The summed E-state index contributed by atoms with van der Waals surface area (Å²) in [5.41, 5.74) is 2.07. The Kier molecular flexibility index (Phi) is 6.02. The smallest absolute Gasteiger partial charge is 0.242 e. The zero-order valence-corrected chi connectivity index (χ0v) is 14.3. The van der Waals surface area contributed by atoms with Gasteiger partial charge < -0.3 is 15.1 Å². The van der Waals surface area contributed by atoms with Crippen LogP contribution in [0.25, 0.3) is 0 Å². The van der Waals surface area contributed by atoms with Gasteiger partial charge in [0.2, 0.25) is 11.8 Å². The van der Waals surface area contributed by atoms with E-state index in [1.165, 1.54) is 0 Å². The maximum absolute atomic E-state index is 12.6. The lowest BCUT2D eigenvalue weighted by Crippen LogP contribution is -2.55. The molecule has 0 aromatic heterocycles. The third-order valence-corrected chi connectivity index (χ3v) is 4.54. The second-order valence-electron chi connectivity index (χ2n) is 6.10. The summed E-state index contributed by atoms with van der Waals surface area (Å²) in [6, 6.07) is 8.11. The Morgan fingerprint density at radius 1 is 1.30 bits per heavy atom. The molecule has 1 aromatic carbocycles. The first-order valence-electron chi connectivity index (χ1n) is 8.05. The van der Waals surface area contributed by atoms with Crippen molar-refractivity contribution < 1.29 is 9.59 Å². The molecule has 1 saturated heterocycles. The summed E-state index contributed by atoms with van der Waals surface area (Å²) in [5.74, 6) is 0.0974. The van der Waals surface area contributed by atoms with Crippen molar-refractivity contribution in [2.45, 2.75) is 32.2 Å². The molecule has 1 N–H and O–H groups in total. The van der Waals surface area contributed by atoms with Crippen LogP contribution in [0.15, 0.2) is 24.3 Å². The molecule has 126 valence electrons. The molecule has 2 amide bonds. The fraction of sp³-hybridized carbons (Fsp3) is 0.529. The zero-order chi connectivity index (χ0) is 15.5. The molecular weight excluding hydrogens is 314 g/mol. The lowest BCUT2D eigenvalue weighted by Gasteiger charge is -2.35. The van der Waals surface area contributed by atoms with Gasteiger partial charge in [-0.25, -0.2) is 0 Å². The van der Waals surface area contributed by atoms with Crippen molar-refractivity contribution in [3.63, 3.8) is 0 Å². The second-order valence-corrected chi connectivity index (χ2v) is 6.10. The highest BCUT2D eigenvalue weighted by molar-refractivity contribution is 5.99. The number of carbonyl (C=O) groups excluding carboxylic acids is 2. The van der Waals surface area contributed by atoms with Gasteiger partial charge in [0, 0.05) is 37.8 Å². The van der Waals surface area contributed by atoms with Crippen LogP contribution in [0.4, 0.5) is 5.69 Å². The largest absolute Gasteiger partial charge is 0.336 e. The summed E-state index contributed by atoms with van der Waals surface area (Å²) in [6.45, 7) is 4.54. The highest BCUT2D eigenvalue weighted by atomic mass is 35.5. The monoisotopic (exact) mass is 337 g/mol. The standard InChI is InChI=1S/C17H23N3O2.ClH/c1-13-11-18-9-10-19(13)17(22)12-20-15-7-3-2-5-14(15)6-4-8-16(20)21;/h2-3,5,7,13,18H,4,6,8-12H2,1H3;1H/t13-;/m1./s1. The van der Waals surface area contributed by atoms with Crippen LogP contribution in [0.2, 0.25) is 0 Å². The molecule has 23 heavy (non-hydrogen) atoms. The minimum absolute atomic E-state index is 0. The van der Waals surface area contributed by atoms with Gasteiger partial charge in [-0.1, -0.05) is 18.2 Å². The van der Waals surface area contributed by atoms with E-state index in [0.717, 1.165) is 37.2 Å². The predicted octanol–water partition coefficient (Wildman–Crippen LogP) is 1.60. The second kappa shape index (κ2) is 7.79. The molecule has 5 nitrogen and oxygen atoms in total. The van der Waals surface area contributed by atoms with Crippen LogP contribution in [-0.4, -0.2) is 48.9 Å². The third kappa shape index (κ3) is 3.85. The maximum atomic E-state index is 12.6.